The van der Waals surface area contributed by atoms with Gasteiger partial charge in [-0.15, -0.1) is 0 Å². The van der Waals surface area contributed by atoms with E-state index in [1.54, 1.807) is 0 Å². The Morgan fingerprint density at radius 1 is 1.33 bits per heavy atom. The largest absolute Gasteiger partial charge is 0.481 e. The average Bonchev–Trinajstić information content (AvgIpc) is 2.30. The molecule has 3 atom stereocenters. The van der Waals surface area contributed by atoms with Gasteiger partial charge >= 0.3 is 11.9 Å². The highest BCUT2D eigenvalue weighted by molar-refractivity contribution is 5.84. The molecule has 12 heavy (non-hydrogen) atoms. The third-order valence-corrected chi connectivity index (χ3v) is 1.95. The van der Waals surface area contributed by atoms with Crippen molar-refractivity contribution in [1.82, 2.24) is 5.32 Å². The lowest BCUT2D eigenvalue weighted by molar-refractivity contribution is -0.149. The van der Waals surface area contributed by atoms with E-state index in [4.69, 9.17) is 15.9 Å². The van der Waals surface area contributed by atoms with Crippen LogP contribution in [0.3, 0.4) is 0 Å². The number of hydrogen-bond donors (Lipinski definition) is 4. The van der Waals surface area contributed by atoms with Crippen LogP contribution in [0.25, 0.3) is 0 Å². The molecule has 0 aromatic rings. The van der Waals surface area contributed by atoms with E-state index >= 15 is 0 Å². The van der Waals surface area contributed by atoms with Crippen LogP contribution < -0.4 is 11.1 Å². The lowest BCUT2D eigenvalue weighted by Gasteiger charge is -2.12. The van der Waals surface area contributed by atoms with Crippen LogP contribution in [-0.2, 0) is 9.59 Å². The van der Waals surface area contributed by atoms with E-state index < -0.39 is 29.9 Å². The molecule has 0 spiro atoms. The van der Waals surface area contributed by atoms with Crippen LogP contribution in [0.15, 0.2) is 0 Å². The van der Waals surface area contributed by atoms with Gasteiger partial charge in [0.15, 0.2) is 0 Å². The number of carboxylic acid groups (broad SMARTS) is 2. The first kappa shape index (κ1) is 8.95. The van der Waals surface area contributed by atoms with Crippen LogP contribution in [0, 0.1) is 5.92 Å². The van der Waals surface area contributed by atoms with E-state index in [1.807, 2.05) is 0 Å². The van der Waals surface area contributed by atoms with Crippen molar-refractivity contribution >= 4 is 11.9 Å². The topological polar surface area (TPSA) is 113 Å². The Labute approximate surface area is 68.4 Å². The predicted molar refractivity (Wildman–Crippen MR) is 38.5 cm³/mol. The molecule has 68 valence electrons. The molecule has 0 amide bonds. The molecule has 1 aliphatic rings. The predicted octanol–water partition coefficient (Wildman–Crippen LogP) is -1.93. The van der Waals surface area contributed by atoms with Gasteiger partial charge in [-0.25, -0.2) is 0 Å². The van der Waals surface area contributed by atoms with Gasteiger partial charge in [0.2, 0.25) is 0 Å². The third kappa shape index (κ3) is 1.39. The number of nitrogens with two attached hydrogens (primary N) is 1. The zero-order chi connectivity index (χ0) is 9.30. The minimum Gasteiger partial charge on any atom is -0.481 e. The van der Waals surface area contributed by atoms with Gasteiger partial charge in [0, 0.05) is 12.6 Å². The molecule has 1 fully saturated rings. The number of aliphatic carboxylic acids is 2. The van der Waals surface area contributed by atoms with Crippen LogP contribution in [0.4, 0.5) is 0 Å². The Kier molecular flexibility index (Phi) is 2.30. The summed E-state index contributed by atoms with van der Waals surface area (Å²) in [4.78, 5) is 21.0. The van der Waals surface area contributed by atoms with Crippen LogP contribution in [-0.4, -0.2) is 40.8 Å². The van der Waals surface area contributed by atoms with Gasteiger partial charge in [-0.3, -0.25) is 9.59 Å². The fourth-order valence-electron chi connectivity index (χ4n) is 1.33. The maximum Gasteiger partial charge on any atom is 0.321 e. The minimum absolute atomic E-state index is 0.230. The molecule has 0 aliphatic carbocycles. The Morgan fingerprint density at radius 3 is 2.25 bits per heavy atom. The van der Waals surface area contributed by atoms with Crippen molar-refractivity contribution in [3.8, 4) is 0 Å². The Hall–Kier alpha value is -1.14. The molecule has 0 bridgehead atoms. The summed E-state index contributed by atoms with van der Waals surface area (Å²) in [7, 11) is 0. The summed E-state index contributed by atoms with van der Waals surface area (Å²) in [5.41, 5.74) is 5.40. The van der Waals surface area contributed by atoms with Crippen molar-refractivity contribution in [2.45, 2.75) is 12.1 Å². The van der Waals surface area contributed by atoms with Crippen molar-refractivity contribution < 1.29 is 19.8 Å². The molecule has 1 aliphatic heterocycles. The molecule has 0 aromatic carbocycles. The lowest BCUT2D eigenvalue weighted by atomic mass is 9.97. The van der Waals surface area contributed by atoms with Gasteiger partial charge in [0.05, 0.1) is 5.92 Å². The van der Waals surface area contributed by atoms with Crippen LogP contribution in [0.1, 0.15) is 0 Å². The zero-order valence-electron chi connectivity index (χ0n) is 6.23. The lowest BCUT2D eigenvalue weighted by Crippen LogP contribution is -2.42. The summed E-state index contributed by atoms with van der Waals surface area (Å²) < 4.78 is 0. The number of nitrogens with one attached hydrogen (secondary N) is 1. The highest BCUT2D eigenvalue weighted by atomic mass is 16.4. The SMILES string of the molecule is N[C@H]1CN[C@@H](C(=O)O)C1C(=O)O. The molecule has 1 heterocycles. The number of carbonyl (C=O) groups is 2. The van der Waals surface area contributed by atoms with Gasteiger partial charge in [0.25, 0.3) is 0 Å². The van der Waals surface area contributed by atoms with E-state index in [0.717, 1.165) is 0 Å². The average molecular weight is 174 g/mol. The third-order valence-electron chi connectivity index (χ3n) is 1.95. The van der Waals surface area contributed by atoms with Crippen molar-refractivity contribution in [3.05, 3.63) is 0 Å². The van der Waals surface area contributed by atoms with Crippen molar-refractivity contribution in [2.75, 3.05) is 6.54 Å². The number of hydrogen-bond acceptors (Lipinski definition) is 4. The summed E-state index contributed by atoms with van der Waals surface area (Å²) in [6.07, 6.45) is 0. The second kappa shape index (κ2) is 3.08. The van der Waals surface area contributed by atoms with Crippen molar-refractivity contribution in [1.29, 1.82) is 0 Å². The first-order valence-electron chi connectivity index (χ1n) is 3.48. The summed E-state index contributed by atoms with van der Waals surface area (Å²) in [5.74, 6) is -3.36. The van der Waals surface area contributed by atoms with E-state index in [1.165, 1.54) is 0 Å². The fourth-order valence-corrected chi connectivity index (χ4v) is 1.33. The maximum absolute atomic E-state index is 10.5. The minimum atomic E-state index is -1.17. The van der Waals surface area contributed by atoms with Crippen LogP contribution in [0.5, 0.6) is 0 Å². The quantitative estimate of drug-likeness (QED) is 0.388. The molecule has 0 aromatic heterocycles. The highest BCUT2D eigenvalue weighted by Crippen LogP contribution is 2.14. The number of carboxylic acids is 2. The summed E-state index contributed by atoms with van der Waals surface area (Å²) >= 11 is 0. The second-order valence-electron chi connectivity index (χ2n) is 2.75. The van der Waals surface area contributed by atoms with Crippen LogP contribution >= 0.6 is 0 Å². The summed E-state index contributed by atoms with van der Waals surface area (Å²) in [6, 6.07) is -1.68. The molecule has 1 unspecified atom stereocenters. The monoisotopic (exact) mass is 174 g/mol. The van der Waals surface area contributed by atoms with Crippen LogP contribution in [0.2, 0.25) is 0 Å². The molecular formula is C6H10N2O4. The van der Waals surface area contributed by atoms with E-state index in [2.05, 4.69) is 5.32 Å². The maximum atomic E-state index is 10.5. The van der Waals surface area contributed by atoms with E-state index in [0.29, 0.717) is 0 Å². The molecule has 6 heteroatoms. The van der Waals surface area contributed by atoms with Crippen molar-refractivity contribution in [2.24, 2.45) is 11.7 Å². The fraction of sp³-hybridized carbons (Fsp3) is 0.667. The van der Waals surface area contributed by atoms with Gasteiger partial charge in [-0.1, -0.05) is 0 Å². The van der Waals surface area contributed by atoms with Gasteiger partial charge < -0.3 is 21.3 Å². The zero-order valence-corrected chi connectivity index (χ0v) is 6.23. The Morgan fingerprint density at radius 2 is 1.92 bits per heavy atom. The number of rotatable bonds is 2. The summed E-state index contributed by atoms with van der Waals surface area (Å²) in [5, 5.41) is 19.7. The molecule has 1 rings (SSSR count). The summed E-state index contributed by atoms with van der Waals surface area (Å²) in [6.45, 7) is 0.230. The van der Waals surface area contributed by atoms with Gasteiger partial charge in [-0.05, 0) is 0 Å². The molecule has 0 radical (unpaired) electrons. The molecule has 5 N–H and O–H groups in total. The van der Waals surface area contributed by atoms with Crippen molar-refractivity contribution in [3.63, 3.8) is 0 Å². The first-order valence-corrected chi connectivity index (χ1v) is 3.48. The Bertz CT molecular complexity index is 218. The van der Waals surface area contributed by atoms with E-state index in [-0.39, 0.29) is 6.54 Å². The van der Waals surface area contributed by atoms with Gasteiger partial charge in [0.1, 0.15) is 6.04 Å². The Balaban J connectivity index is 2.77. The molecule has 0 saturated carbocycles. The standard InChI is InChI=1S/C6H10N2O4/c7-2-1-8-4(6(11)12)3(2)5(9)10/h2-4,8H,1,7H2,(H,9,10)(H,11,12)/t2-,3?,4+/m0/s1. The molecular weight excluding hydrogens is 164 g/mol. The highest BCUT2D eigenvalue weighted by Gasteiger charge is 2.43. The van der Waals surface area contributed by atoms with E-state index in [9.17, 15) is 9.59 Å². The molecule has 6 nitrogen and oxygen atoms in total. The second-order valence-corrected chi connectivity index (χ2v) is 2.75. The smallest absolute Gasteiger partial charge is 0.321 e. The normalized spacial score (nSPS) is 34.9. The first-order chi connectivity index (χ1) is 5.54. The molecule has 1 saturated heterocycles. The van der Waals surface area contributed by atoms with Gasteiger partial charge in [-0.2, -0.15) is 0 Å².